The summed E-state index contributed by atoms with van der Waals surface area (Å²) in [5, 5.41) is 5.33. The van der Waals surface area contributed by atoms with Crippen LogP contribution < -0.4 is 16.4 Å². The lowest BCUT2D eigenvalue weighted by Crippen LogP contribution is -2.58. The Morgan fingerprint density at radius 1 is 1.21 bits per heavy atom. The predicted molar refractivity (Wildman–Crippen MR) is 102 cm³/mol. The highest BCUT2D eigenvalue weighted by Crippen LogP contribution is 2.18. The SMILES string of the molecule is CCC(C)[C@H](NC(=O)[C@@H]1CCCN1C(=O)C=[N+]=[N-])C(=O)N[C@H](C(N)=O)C(C)C. The summed E-state index contributed by atoms with van der Waals surface area (Å²) in [6, 6.07) is -2.47. The molecule has 10 nitrogen and oxygen atoms in total. The zero-order valence-electron chi connectivity index (χ0n) is 16.8. The maximum atomic E-state index is 12.8. The Hall–Kier alpha value is -2.74. The van der Waals surface area contributed by atoms with Crippen molar-refractivity contribution in [1.29, 1.82) is 0 Å². The highest BCUT2D eigenvalue weighted by atomic mass is 16.2. The van der Waals surface area contributed by atoms with E-state index >= 15 is 0 Å². The van der Waals surface area contributed by atoms with E-state index in [2.05, 4.69) is 15.4 Å². The van der Waals surface area contributed by atoms with Gasteiger partial charge in [0.1, 0.15) is 18.1 Å². The van der Waals surface area contributed by atoms with Gasteiger partial charge in [0, 0.05) is 6.54 Å². The number of amides is 4. The van der Waals surface area contributed by atoms with E-state index in [1.54, 1.807) is 13.8 Å². The van der Waals surface area contributed by atoms with E-state index < -0.39 is 41.8 Å². The molecule has 1 saturated heterocycles. The van der Waals surface area contributed by atoms with E-state index in [9.17, 15) is 19.2 Å². The molecule has 0 aromatic carbocycles. The van der Waals surface area contributed by atoms with Crippen LogP contribution in [0.5, 0.6) is 0 Å². The minimum atomic E-state index is -0.873. The van der Waals surface area contributed by atoms with E-state index in [1.165, 1.54) is 4.90 Å². The Kier molecular flexibility index (Phi) is 8.78. The van der Waals surface area contributed by atoms with Gasteiger partial charge in [0.25, 0.3) is 0 Å². The molecule has 4 atom stereocenters. The van der Waals surface area contributed by atoms with E-state index in [-0.39, 0.29) is 11.8 Å². The third-order valence-corrected chi connectivity index (χ3v) is 5.07. The number of nitrogens with two attached hydrogens (primary N) is 1. The normalized spacial score (nSPS) is 19.3. The average molecular weight is 394 g/mol. The molecule has 0 aromatic rings. The van der Waals surface area contributed by atoms with Crippen molar-refractivity contribution in [3.05, 3.63) is 5.53 Å². The fourth-order valence-corrected chi connectivity index (χ4v) is 3.19. The van der Waals surface area contributed by atoms with Gasteiger partial charge >= 0.3 is 12.1 Å². The van der Waals surface area contributed by atoms with Crippen molar-refractivity contribution in [3.63, 3.8) is 0 Å². The molecule has 4 N–H and O–H groups in total. The van der Waals surface area contributed by atoms with Gasteiger partial charge in [-0.1, -0.05) is 34.1 Å². The van der Waals surface area contributed by atoms with Gasteiger partial charge in [-0.25, -0.2) is 0 Å². The average Bonchev–Trinajstić information content (AvgIpc) is 3.12. The summed E-state index contributed by atoms with van der Waals surface area (Å²) in [5.74, 6) is -2.57. The maximum absolute atomic E-state index is 12.8. The van der Waals surface area contributed by atoms with Crippen molar-refractivity contribution in [2.75, 3.05) is 6.54 Å². The molecule has 1 heterocycles. The standard InChI is InChI=1S/C18H30N6O4/c1-5-11(4)15(18(28)22-14(10(2)3)16(19)26)23-17(27)12-7-6-8-24(12)13(25)9-21-20/h9-12,14-15H,5-8H2,1-4H3,(H2,19,26)(H,22,28)(H,23,27)/t11?,12-,14-,15-/m0/s1. The maximum Gasteiger partial charge on any atom is 0.344 e. The van der Waals surface area contributed by atoms with E-state index in [0.717, 1.165) is 6.21 Å². The van der Waals surface area contributed by atoms with E-state index in [4.69, 9.17) is 11.3 Å². The highest BCUT2D eigenvalue weighted by molar-refractivity contribution is 6.24. The third-order valence-electron chi connectivity index (χ3n) is 5.07. The van der Waals surface area contributed by atoms with Gasteiger partial charge in [0.2, 0.25) is 17.7 Å². The number of carbonyl (C=O) groups excluding carboxylic acids is 4. The number of nitrogens with zero attached hydrogens (tertiary/aromatic N) is 3. The van der Waals surface area contributed by atoms with Gasteiger partial charge in [-0.2, -0.15) is 4.79 Å². The molecule has 0 aromatic heterocycles. The first-order chi connectivity index (χ1) is 13.1. The van der Waals surface area contributed by atoms with Gasteiger partial charge in [-0.05, 0) is 24.7 Å². The number of primary amides is 1. The van der Waals surface area contributed by atoms with Crippen molar-refractivity contribution in [3.8, 4) is 0 Å². The topological polar surface area (TPSA) is 158 Å². The van der Waals surface area contributed by atoms with Crippen LogP contribution >= 0.6 is 0 Å². The van der Waals surface area contributed by atoms with Crippen molar-refractivity contribution in [2.45, 2.75) is 65.1 Å². The fourth-order valence-electron chi connectivity index (χ4n) is 3.19. The first kappa shape index (κ1) is 23.3. The lowest BCUT2D eigenvalue weighted by atomic mass is 9.96. The quantitative estimate of drug-likeness (QED) is 0.272. The number of nitrogens with one attached hydrogen (secondary N) is 2. The molecular formula is C18H30N6O4. The molecule has 0 radical (unpaired) electrons. The number of hydrogen-bond acceptors (Lipinski definition) is 4. The predicted octanol–water partition coefficient (Wildman–Crippen LogP) is -0.565. The second-order valence-electron chi connectivity index (χ2n) is 7.44. The van der Waals surface area contributed by atoms with Gasteiger partial charge in [0.15, 0.2) is 0 Å². The van der Waals surface area contributed by atoms with Crippen molar-refractivity contribution in [1.82, 2.24) is 15.5 Å². The summed E-state index contributed by atoms with van der Waals surface area (Å²) in [6.45, 7) is 7.58. The van der Waals surface area contributed by atoms with Crippen LogP contribution in [-0.2, 0) is 19.2 Å². The molecule has 1 aliphatic heterocycles. The zero-order valence-corrected chi connectivity index (χ0v) is 16.8. The molecule has 1 rings (SSSR count). The van der Waals surface area contributed by atoms with Crippen molar-refractivity contribution >= 4 is 29.8 Å². The summed E-state index contributed by atoms with van der Waals surface area (Å²) < 4.78 is 0. The Labute approximate surface area is 164 Å². The molecule has 4 amide bonds. The molecule has 1 fully saturated rings. The summed E-state index contributed by atoms with van der Waals surface area (Å²) in [7, 11) is 0. The van der Waals surface area contributed by atoms with Crippen LogP contribution in [0.4, 0.5) is 0 Å². The van der Waals surface area contributed by atoms with Gasteiger partial charge < -0.3 is 26.8 Å². The molecule has 0 spiro atoms. The minimum absolute atomic E-state index is 0.199. The first-order valence-electron chi connectivity index (χ1n) is 9.52. The Bertz CT molecular complexity index is 658. The lowest BCUT2D eigenvalue weighted by molar-refractivity contribution is -0.138. The molecular weight excluding hydrogens is 364 g/mol. The summed E-state index contributed by atoms with van der Waals surface area (Å²) in [6.07, 6.45) is 2.43. The molecule has 0 saturated carbocycles. The number of rotatable bonds is 9. The van der Waals surface area contributed by atoms with Crippen molar-refractivity contribution < 1.29 is 24.0 Å². The van der Waals surface area contributed by atoms with Gasteiger partial charge in [0.05, 0.1) is 0 Å². The van der Waals surface area contributed by atoms with Gasteiger partial charge in [-0.15, -0.1) is 0 Å². The zero-order chi connectivity index (χ0) is 21.4. The largest absolute Gasteiger partial charge is 0.368 e. The van der Waals surface area contributed by atoms with Crippen LogP contribution in [0, 0.1) is 11.8 Å². The molecule has 1 unspecified atom stereocenters. The second kappa shape index (κ2) is 10.6. The van der Waals surface area contributed by atoms with Crippen LogP contribution in [0.2, 0.25) is 0 Å². The molecule has 28 heavy (non-hydrogen) atoms. The van der Waals surface area contributed by atoms with Crippen molar-refractivity contribution in [2.24, 2.45) is 17.6 Å². The smallest absolute Gasteiger partial charge is 0.344 e. The van der Waals surface area contributed by atoms with Crippen LogP contribution in [0.15, 0.2) is 0 Å². The molecule has 0 aliphatic carbocycles. The number of hydrogen-bond donors (Lipinski definition) is 3. The van der Waals surface area contributed by atoms with Crippen LogP contribution in [0.25, 0.3) is 5.53 Å². The number of carbonyl (C=O) groups is 4. The molecule has 156 valence electrons. The molecule has 1 aliphatic rings. The molecule has 0 bridgehead atoms. The van der Waals surface area contributed by atoms with E-state index in [1.807, 2.05) is 13.8 Å². The Balaban J connectivity index is 2.95. The second-order valence-corrected chi connectivity index (χ2v) is 7.44. The third kappa shape index (κ3) is 5.88. The Morgan fingerprint density at radius 2 is 1.86 bits per heavy atom. The highest BCUT2D eigenvalue weighted by Gasteiger charge is 2.38. The van der Waals surface area contributed by atoms with Crippen LogP contribution in [0.1, 0.15) is 47.0 Å². The van der Waals surface area contributed by atoms with Gasteiger partial charge in [-0.3, -0.25) is 19.2 Å². The summed E-state index contributed by atoms with van der Waals surface area (Å²) in [5.41, 5.74) is 13.9. The number of likely N-dealkylation sites (tertiary alicyclic amines) is 1. The monoisotopic (exact) mass is 394 g/mol. The summed E-state index contributed by atoms with van der Waals surface area (Å²) >= 11 is 0. The minimum Gasteiger partial charge on any atom is -0.368 e. The first-order valence-corrected chi connectivity index (χ1v) is 9.52. The van der Waals surface area contributed by atoms with Crippen LogP contribution in [-0.4, -0.2) is 64.2 Å². The van der Waals surface area contributed by atoms with E-state index in [0.29, 0.717) is 25.8 Å². The summed E-state index contributed by atoms with van der Waals surface area (Å²) in [4.78, 5) is 53.1. The molecule has 10 heteroatoms. The Morgan fingerprint density at radius 3 is 2.36 bits per heavy atom. The lowest BCUT2D eigenvalue weighted by Gasteiger charge is -2.29. The fraction of sp³-hybridized carbons (Fsp3) is 0.722. The van der Waals surface area contributed by atoms with Crippen LogP contribution in [0.3, 0.4) is 0 Å².